The van der Waals surface area contributed by atoms with Crippen LogP contribution in [0.1, 0.15) is 11.1 Å². The van der Waals surface area contributed by atoms with E-state index in [-0.39, 0.29) is 0 Å². The zero-order valence-electron chi connectivity index (χ0n) is 23.3. The lowest BCUT2D eigenvalue weighted by molar-refractivity contribution is 1.02. The molecule has 0 saturated heterocycles. The first-order valence-electron chi connectivity index (χ1n) is 14.9. The van der Waals surface area contributed by atoms with E-state index in [1.54, 1.807) is 0 Å². The Bertz CT molecular complexity index is 2290. The topological polar surface area (TPSA) is 0 Å². The fraction of sp³-hybridized carbons (Fsp3) is 0.0476. The van der Waals surface area contributed by atoms with Crippen LogP contribution in [0.2, 0.25) is 0 Å². The third-order valence-electron chi connectivity index (χ3n) is 9.33. The highest BCUT2D eigenvalue weighted by atomic mass is 14.2. The van der Waals surface area contributed by atoms with E-state index < -0.39 is 0 Å². The lowest BCUT2D eigenvalue weighted by Gasteiger charge is -2.20. The van der Waals surface area contributed by atoms with Crippen molar-refractivity contribution in [1.82, 2.24) is 0 Å². The maximum atomic E-state index is 2.38. The van der Waals surface area contributed by atoms with Gasteiger partial charge in [-0.1, -0.05) is 140 Å². The van der Waals surface area contributed by atoms with Crippen LogP contribution in [0.4, 0.5) is 0 Å². The summed E-state index contributed by atoms with van der Waals surface area (Å²) in [6, 6.07) is 54.1. The summed E-state index contributed by atoms with van der Waals surface area (Å²) in [5.41, 5.74) is 10.7. The molecule has 196 valence electrons. The highest BCUT2D eigenvalue weighted by Crippen LogP contribution is 2.48. The number of hydrogen-bond acceptors (Lipinski definition) is 0. The molecule has 0 heteroatoms. The normalized spacial score (nSPS) is 12.6. The van der Waals surface area contributed by atoms with Crippen LogP contribution in [0.25, 0.3) is 76.5 Å². The molecular formula is C42H28. The van der Waals surface area contributed by atoms with Crippen LogP contribution in [-0.4, -0.2) is 0 Å². The van der Waals surface area contributed by atoms with Gasteiger partial charge >= 0.3 is 0 Å². The van der Waals surface area contributed by atoms with Gasteiger partial charge in [-0.3, -0.25) is 0 Å². The van der Waals surface area contributed by atoms with Gasteiger partial charge in [-0.25, -0.2) is 0 Å². The highest BCUT2D eigenvalue weighted by Gasteiger charge is 2.22. The van der Waals surface area contributed by atoms with Gasteiger partial charge in [0.1, 0.15) is 0 Å². The first-order chi connectivity index (χ1) is 20.8. The molecule has 1 aliphatic rings. The smallest absolute Gasteiger partial charge is 0.00201 e. The van der Waals surface area contributed by atoms with Crippen molar-refractivity contribution in [1.29, 1.82) is 0 Å². The van der Waals surface area contributed by atoms with E-state index in [0.717, 1.165) is 12.8 Å². The Balaban J connectivity index is 1.39. The van der Waals surface area contributed by atoms with E-state index in [9.17, 15) is 0 Å². The van der Waals surface area contributed by atoms with Crippen molar-refractivity contribution >= 4 is 43.1 Å². The molecule has 0 spiro atoms. The van der Waals surface area contributed by atoms with E-state index in [0.29, 0.717) is 0 Å². The second-order valence-corrected chi connectivity index (χ2v) is 11.6. The highest BCUT2D eigenvalue weighted by molar-refractivity contribution is 6.24. The Morgan fingerprint density at radius 1 is 0.333 bits per heavy atom. The van der Waals surface area contributed by atoms with Gasteiger partial charge < -0.3 is 0 Å². The van der Waals surface area contributed by atoms with Crippen molar-refractivity contribution < 1.29 is 0 Å². The molecule has 0 heterocycles. The summed E-state index contributed by atoms with van der Waals surface area (Å²) in [5, 5.41) is 10.6. The first-order valence-corrected chi connectivity index (χ1v) is 14.9. The second kappa shape index (κ2) is 9.16. The zero-order chi connectivity index (χ0) is 27.6. The summed E-state index contributed by atoms with van der Waals surface area (Å²) >= 11 is 0. The average Bonchev–Trinajstić information content (AvgIpc) is 3.48. The fourth-order valence-electron chi connectivity index (χ4n) is 7.48. The minimum absolute atomic E-state index is 1.14. The molecule has 0 aromatic heterocycles. The van der Waals surface area contributed by atoms with Crippen molar-refractivity contribution in [3.63, 3.8) is 0 Å². The Morgan fingerprint density at radius 2 is 0.881 bits per heavy atom. The van der Waals surface area contributed by atoms with Gasteiger partial charge in [-0.05, 0) is 107 Å². The van der Waals surface area contributed by atoms with Gasteiger partial charge in [0.2, 0.25) is 0 Å². The van der Waals surface area contributed by atoms with Crippen LogP contribution in [0.5, 0.6) is 0 Å². The molecule has 0 fully saturated rings. The zero-order valence-corrected chi connectivity index (χ0v) is 23.3. The molecule has 0 atom stereocenters. The molecule has 0 unspecified atom stereocenters. The standard InChI is InChI=1S/C42H28/c1-2-11-30-26-31(23-20-27(30)10-1)32-13-3-4-14-33(32)41-35-15-5-7-17-37(35)42(38-18-8-6-16-36(38)41)39-25-24-29-22-21-28-12-9-19-34(39)40(28)29/h1-20,23-26H,21-22H2. The molecule has 9 rings (SSSR count). The van der Waals surface area contributed by atoms with Gasteiger partial charge in [-0.15, -0.1) is 0 Å². The van der Waals surface area contributed by atoms with Crippen LogP contribution in [0.3, 0.4) is 0 Å². The third kappa shape index (κ3) is 3.42. The van der Waals surface area contributed by atoms with E-state index in [4.69, 9.17) is 0 Å². The number of fused-ring (bicyclic) bond motifs is 3. The van der Waals surface area contributed by atoms with Crippen molar-refractivity contribution in [2.75, 3.05) is 0 Å². The van der Waals surface area contributed by atoms with Crippen LogP contribution < -0.4 is 0 Å². The van der Waals surface area contributed by atoms with Crippen molar-refractivity contribution in [2.24, 2.45) is 0 Å². The SMILES string of the molecule is c1ccc(-c2c3ccccc3c(-c3ccc4c5c(cccc35)CC4)c3ccccc23)c(-c2ccc3ccccc3c2)c1. The largest absolute Gasteiger partial charge is 0.0616 e. The number of hydrogen-bond donors (Lipinski definition) is 0. The van der Waals surface area contributed by atoms with Gasteiger partial charge in [0.25, 0.3) is 0 Å². The average molecular weight is 533 g/mol. The summed E-state index contributed by atoms with van der Waals surface area (Å²) in [6.07, 6.45) is 2.28. The predicted octanol–water partition coefficient (Wildman–Crippen LogP) is 11.4. The van der Waals surface area contributed by atoms with Gasteiger partial charge in [-0.2, -0.15) is 0 Å². The summed E-state index contributed by atoms with van der Waals surface area (Å²) in [7, 11) is 0. The van der Waals surface area contributed by atoms with Crippen molar-refractivity contribution in [3.05, 3.63) is 157 Å². The third-order valence-corrected chi connectivity index (χ3v) is 9.33. The Labute approximate surface area is 245 Å². The van der Waals surface area contributed by atoms with Crippen molar-refractivity contribution in [2.45, 2.75) is 12.8 Å². The summed E-state index contributed by atoms with van der Waals surface area (Å²) in [5.74, 6) is 0. The Hall–Kier alpha value is -5.20. The fourth-order valence-corrected chi connectivity index (χ4v) is 7.48. The molecule has 0 saturated carbocycles. The van der Waals surface area contributed by atoms with E-state index in [2.05, 4.69) is 146 Å². The minimum Gasteiger partial charge on any atom is -0.0616 e. The molecule has 0 radical (unpaired) electrons. The number of aryl methyl sites for hydroxylation is 2. The van der Waals surface area contributed by atoms with Crippen LogP contribution in [0.15, 0.2) is 146 Å². The van der Waals surface area contributed by atoms with Crippen LogP contribution in [0, 0.1) is 0 Å². The van der Waals surface area contributed by atoms with E-state index >= 15 is 0 Å². The molecular weight excluding hydrogens is 504 g/mol. The van der Waals surface area contributed by atoms with Gasteiger partial charge in [0.05, 0.1) is 0 Å². The Kier molecular flexibility index (Phi) is 5.12. The predicted molar refractivity (Wildman–Crippen MR) is 180 cm³/mol. The molecule has 0 aliphatic heterocycles. The molecule has 0 nitrogen and oxygen atoms in total. The van der Waals surface area contributed by atoms with E-state index in [1.807, 2.05) is 0 Å². The van der Waals surface area contributed by atoms with Gasteiger partial charge in [0, 0.05) is 0 Å². The second-order valence-electron chi connectivity index (χ2n) is 11.6. The van der Waals surface area contributed by atoms with E-state index in [1.165, 1.54) is 87.6 Å². The summed E-state index contributed by atoms with van der Waals surface area (Å²) in [6.45, 7) is 0. The molecule has 0 N–H and O–H groups in total. The maximum absolute atomic E-state index is 2.38. The van der Waals surface area contributed by atoms with Crippen molar-refractivity contribution in [3.8, 4) is 33.4 Å². The van der Waals surface area contributed by atoms with Crippen LogP contribution in [-0.2, 0) is 12.8 Å². The summed E-state index contributed by atoms with van der Waals surface area (Å²) in [4.78, 5) is 0. The Morgan fingerprint density at radius 3 is 1.60 bits per heavy atom. The lowest BCUT2D eigenvalue weighted by atomic mass is 9.82. The first kappa shape index (κ1) is 23.5. The molecule has 42 heavy (non-hydrogen) atoms. The lowest BCUT2D eigenvalue weighted by Crippen LogP contribution is -1.93. The quantitative estimate of drug-likeness (QED) is 0.199. The molecule has 1 aliphatic carbocycles. The number of rotatable bonds is 3. The number of benzene rings is 8. The summed E-state index contributed by atoms with van der Waals surface area (Å²) < 4.78 is 0. The van der Waals surface area contributed by atoms with Gasteiger partial charge in [0.15, 0.2) is 0 Å². The van der Waals surface area contributed by atoms with Crippen LogP contribution >= 0.6 is 0 Å². The monoisotopic (exact) mass is 532 g/mol. The molecule has 0 bridgehead atoms. The molecule has 0 amide bonds. The maximum Gasteiger partial charge on any atom is -0.00201 e. The molecule has 8 aromatic carbocycles. The molecule has 8 aromatic rings. The minimum atomic E-state index is 1.14.